The largest absolute Gasteiger partial charge is 0.379 e. The number of amides is 2. The van der Waals surface area contributed by atoms with Gasteiger partial charge in [-0.3, -0.25) is 14.3 Å². The molecule has 2 atom stereocenters. The Bertz CT molecular complexity index is 1250. The van der Waals surface area contributed by atoms with Crippen LogP contribution in [-0.2, 0) is 4.79 Å². The Labute approximate surface area is 198 Å². The van der Waals surface area contributed by atoms with Crippen molar-refractivity contribution in [2.75, 3.05) is 18.4 Å². The minimum absolute atomic E-state index is 0.0440. The summed E-state index contributed by atoms with van der Waals surface area (Å²) in [6, 6.07) is 4.21. The second-order valence-corrected chi connectivity index (χ2v) is 9.04. The molecule has 178 valence electrons. The van der Waals surface area contributed by atoms with E-state index in [0.717, 1.165) is 23.1 Å². The molecular formula is C24H30N8O2. The fourth-order valence-corrected chi connectivity index (χ4v) is 4.55. The van der Waals surface area contributed by atoms with Crippen LogP contribution in [0.15, 0.2) is 30.9 Å². The number of carbonyl (C=O) groups excluding carboxylic acids is 2. The van der Waals surface area contributed by atoms with E-state index in [-0.39, 0.29) is 30.3 Å². The highest BCUT2D eigenvalue weighted by Crippen LogP contribution is 2.32. The molecule has 0 aromatic carbocycles. The highest BCUT2D eigenvalue weighted by Gasteiger charge is 2.31. The highest BCUT2D eigenvalue weighted by atomic mass is 16.2. The van der Waals surface area contributed by atoms with Crippen LogP contribution in [0.2, 0.25) is 0 Å². The van der Waals surface area contributed by atoms with E-state index in [4.69, 9.17) is 11.0 Å². The van der Waals surface area contributed by atoms with Crippen molar-refractivity contribution in [3.05, 3.63) is 36.4 Å². The van der Waals surface area contributed by atoms with Crippen molar-refractivity contribution >= 4 is 23.0 Å². The zero-order valence-electron chi connectivity index (χ0n) is 19.7. The van der Waals surface area contributed by atoms with Crippen LogP contribution in [0.4, 0.5) is 5.69 Å². The van der Waals surface area contributed by atoms with Crippen molar-refractivity contribution in [2.45, 2.75) is 52.1 Å². The molecule has 0 spiro atoms. The second-order valence-electron chi connectivity index (χ2n) is 9.04. The summed E-state index contributed by atoms with van der Waals surface area (Å²) in [5.74, 6) is -0.520. The average Bonchev–Trinajstić information content (AvgIpc) is 3.47. The molecule has 4 heterocycles. The number of nitriles is 1. The van der Waals surface area contributed by atoms with E-state index >= 15 is 0 Å². The van der Waals surface area contributed by atoms with Crippen LogP contribution in [-0.4, -0.2) is 55.2 Å². The first-order valence-electron chi connectivity index (χ1n) is 11.6. The van der Waals surface area contributed by atoms with E-state index in [9.17, 15) is 9.59 Å². The Morgan fingerprint density at radius 1 is 1.26 bits per heavy atom. The van der Waals surface area contributed by atoms with Crippen molar-refractivity contribution in [3.8, 4) is 17.2 Å². The predicted octanol–water partition coefficient (Wildman–Crippen LogP) is 2.83. The second kappa shape index (κ2) is 9.55. The molecule has 1 saturated heterocycles. The smallest absolute Gasteiger partial charge is 0.252 e. The Morgan fingerprint density at radius 2 is 2.06 bits per heavy atom. The third kappa shape index (κ3) is 4.46. The van der Waals surface area contributed by atoms with Gasteiger partial charge in [0, 0.05) is 48.7 Å². The molecule has 0 aliphatic carbocycles. The maximum atomic E-state index is 12.3. The third-order valence-corrected chi connectivity index (χ3v) is 6.54. The lowest BCUT2D eigenvalue weighted by atomic mass is 9.89. The average molecular weight is 463 g/mol. The number of hydrogen-bond acceptors (Lipinski definition) is 6. The number of carbonyl (C=O) groups is 2. The topological polar surface area (TPSA) is 134 Å². The lowest BCUT2D eigenvalue weighted by Crippen LogP contribution is -2.48. The molecule has 3 N–H and O–H groups in total. The molecule has 1 aliphatic heterocycles. The SMILES string of the molecule is CC[C@H]1CN(C(=O)CC#N)CC[C@H]1Nc1c(C(N)=O)cnn2cc(-c3cnn(C(C)C)c3)cc12. The first-order chi connectivity index (χ1) is 16.3. The Balaban J connectivity index is 1.67. The standard InChI is InChI=1S/C24H30N8O2/c1-4-16-12-30(22(33)5-7-25)8-6-20(16)29-23-19(24(26)34)11-28-32-13-17(9-21(23)32)18-10-27-31(14-18)15(2)3/h9-11,13-16,20,29H,4-6,8,12H2,1-3H3,(H2,26,34)/t16-,20+/m0/s1. The van der Waals surface area contributed by atoms with Gasteiger partial charge >= 0.3 is 0 Å². The first kappa shape index (κ1) is 23.3. The quantitative estimate of drug-likeness (QED) is 0.554. The Kier molecular flexibility index (Phi) is 6.54. The van der Waals surface area contributed by atoms with Crippen LogP contribution >= 0.6 is 0 Å². The van der Waals surface area contributed by atoms with Crippen LogP contribution in [0.3, 0.4) is 0 Å². The van der Waals surface area contributed by atoms with E-state index < -0.39 is 5.91 Å². The number of likely N-dealkylation sites (tertiary alicyclic amines) is 1. The molecule has 4 rings (SSSR count). The number of nitrogens with zero attached hydrogens (tertiary/aromatic N) is 6. The van der Waals surface area contributed by atoms with Crippen molar-refractivity contribution in [2.24, 2.45) is 11.7 Å². The molecule has 0 bridgehead atoms. The van der Waals surface area contributed by atoms with Gasteiger partial charge in [0.2, 0.25) is 5.91 Å². The monoisotopic (exact) mass is 462 g/mol. The molecule has 10 nitrogen and oxygen atoms in total. The van der Waals surface area contributed by atoms with Crippen molar-refractivity contribution in [3.63, 3.8) is 0 Å². The highest BCUT2D eigenvalue weighted by molar-refractivity contribution is 6.02. The summed E-state index contributed by atoms with van der Waals surface area (Å²) in [5.41, 5.74) is 9.32. The normalized spacial score (nSPS) is 18.3. The summed E-state index contributed by atoms with van der Waals surface area (Å²) in [6.07, 6.45) is 8.66. The van der Waals surface area contributed by atoms with Gasteiger partial charge in [-0.05, 0) is 38.7 Å². The van der Waals surface area contributed by atoms with Gasteiger partial charge in [0.25, 0.3) is 5.91 Å². The fraction of sp³-hybridized carbons (Fsp3) is 0.458. The molecule has 10 heteroatoms. The zero-order chi connectivity index (χ0) is 24.4. The first-order valence-corrected chi connectivity index (χ1v) is 11.6. The van der Waals surface area contributed by atoms with Crippen molar-refractivity contribution in [1.29, 1.82) is 5.26 Å². The van der Waals surface area contributed by atoms with Gasteiger partial charge < -0.3 is 16.0 Å². The molecule has 0 saturated carbocycles. The molecule has 34 heavy (non-hydrogen) atoms. The van der Waals surface area contributed by atoms with Gasteiger partial charge in [0.05, 0.1) is 35.2 Å². The third-order valence-electron chi connectivity index (χ3n) is 6.54. The molecule has 1 fully saturated rings. The number of primary amides is 1. The van der Waals surface area contributed by atoms with Crippen molar-refractivity contribution in [1.82, 2.24) is 24.3 Å². The molecule has 0 radical (unpaired) electrons. The number of hydrogen-bond donors (Lipinski definition) is 2. The molecule has 0 unspecified atom stereocenters. The lowest BCUT2D eigenvalue weighted by Gasteiger charge is -2.39. The van der Waals surface area contributed by atoms with Gasteiger partial charge in [-0.25, -0.2) is 4.52 Å². The summed E-state index contributed by atoms with van der Waals surface area (Å²) in [4.78, 5) is 26.2. The van der Waals surface area contributed by atoms with Crippen LogP contribution in [0.25, 0.3) is 16.6 Å². The summed E-state index contributed by atoms with van der Waals surface area (Å²) in [6.45, 7) is 7.35. The Morgan fingerprint density at radius 3 is 2.71 bits per heavy atom. The van der Waals surface area contributed by atoms with Gasteiger partial charge in [-0.15, -0.1) is 0 Å². The fourth-order valence-electron chi connectivity index (χ4n) is 4.55. The summed E-state index contributed by atoms with van der Waals surface area (Å²) in [7, 11) is 0. The van der Waals surface area contributed by atoms with Crippen LogP contribution in [0.5, 0.6) is 0 Å². The molecule has 3 aromatic rings. The van der Waals surface area contributed by atoms with Gasteiger partial charge in [-0.2, -0.15) is 15.5 Å². The van der Waals surface area contributed by atoms with Gasteiger partial charge in [-0.1, -0.05) is 6.92 Å². The Hall–Kier alpha value is -3.87. The maximum Gasteiger partial charge on any atom is 0.252 e. The zero-order valence-corrected chi connectivity index (χ0v) is 19.7. The van der Waals surface area contributed by atoms with Crippen LogP contribution in [0, 0.1) is 17.2 Å². The molecule has 2 amide bonds. The van der Waals surface area contributed by atoms with Crippen molar-refractivity contribution < 1.29 is 9.59 Å². The van der Waals surface area contributed by atoms with E-state index in [0.29, 0.717) is 30.8 Å². The summed E-state index contributed by atoms with van der Waals surface area (Å²) < 4.78 is 3.63. The summed E-state index contributed by atoms with van der Waals surface area (Å²) >= 11 is 0. The number of fused-ring (bicyclic) bond motifs is 1. The minimum Gasteiger partial charge on any atom is -0.379 e. The summed E-state index contributed by atoms with van der Waals surface area (Å²) in [5, 5.41) is 21.3. The van der Waals surface area contributed by atoms with E-state index in [2.05, 4.69) is 36.3 Å². The lowest BCUT2D eigenvalue weighted by molar-refractivity contribution is -0.132. The van der Waals surface area contributed by atoms with Crippen LogP contribution in [0.1, 0.15) is 56.4 Å². The minimum atomic E-state index is -0.553. The number of piperidine rings is 1. The maximum absolute atomic E-state index is 12.3. The van der Waals surface area contributed by atoms with Crippen LogP contribution < -0.4 is 11.1 Å². The number of rotatable bonds is 7. The van der Waals surface area contributed by atoms with E-state index in [1.54, 1.807) is 9.42 Å². The number of aromatic nitrogens is 4. The molecule has 3 aromatic heterocycles. The van der Waals surface area contributed by atoms with E-state index in [1.165, 1.54) is 6.20 Å². The predicted molar refractivity (Wildman–Crippen MR) is 128 cm³/mol. The number of anilines is 1. The number of nitrogens with one attached hydrogen (secondary N) is 1. The van der Waals surface area contributed by atoms with E-state index in [1.807, 2.05) is 35.4 Å². The molecule has 1 aliphatic rings. The molecular weight excluding hydrogens is 432 g/mol. The van der Waals surface area contributed by atoms with Gasteiger partial charge in [0.15, 0.2) is 0 Å². The van der Waals surface area contributed by atoms with Gasteiger partial charge in [0.1, 0.15) is 6.42 Å². The number of nitrogens with two attached hydrogens (primary N) is 1.